The van der Waals surface area contributed by atoms with Crippen molar-refractivity contribution in [3.8, 4) is 0 Å². The van der Waals surface area contributed by atoms with Crippen molar-refractivity contribution in [1.82, 2.24) is 9.88 Å². The lowest BCUT2D eigenvalue weighted by molar-refractivity contribution is -0.0384. The molecule has 2 fully saturated rings. The number of hydrogen-bond donors (Lipinski definition) is 0. The fourth-order valence-electron chi connectivity index (χ4n) is 2.87. The molecule has 3 rings (SSSR count). The van der Waals surface area contributed by atoms with Gasteiger partial charge in [0, 0.05) is 37.2 Å². The summed E-state index contributed by atoms with van der Waals surface area (Å²) in [6.07, 6.45) is 1.14. The summed E-state index contributed by atoms with van der Waals surface area (Å²) in [7, 11) is 0. The maximum atomic E-state index is 13.2. The van der Waals surface area contributed by atoms with E-state index < -0.39 is 5.92 Å². The van der Waals surface area contributed by atoms with E-state index >= 15 is 0 Å². The van der Waals surface area contributed by atoms with Crippen LogP contribution in [0, 0.1) is 0 Å². The molecule has 1 saturated heterocycles. The Kier molecular flexibility index (Phi) is 4.33. The van der Waals surface area contributed by atoms with Gasteiger partial charge < -0.3 is 4.74 Å². The van der Waals surface area contributed by atoms with Crippen LogP contribution < -0.4 is 0 Å². The number of rotatable bonds is 3. The van der Waals surface area contributed by atoms with Gasteiger partial charge in [-0.15, -0.1) is 11.3 Å². The summed E-state index contributed by atoms with van der Waals surface area (Å²) in [5.41, 5.74) is 1.02. The summed E-state index contributed by atoms with van der Waals surface area (Å²) in [4.78, 5) is 7.00. The van der Waals surface area contributed by atoms with E-state index in [1.165, 1.54) is 0 Å². The van der Waals surface area contributed by atoms with Crippen LogP contribution in [-0.2, 0) is 11.3 Å². The molecule has 1 aliphatic heterocycles. The molecule has 0 radical (unpaired) electrons. The molecule has 0 aromatic carbocycles. The summed E-state index contributed by atoms with van der Waals surface area (Å²) in [6, 6.07) is 0. The Morgan fingerprint density at radius 3 is 2.70 bits per heavy atom. The lowest BCUT2D eigenvalue weighted by Gasteiger charge is -2.27. The molecule has 0 atom stereocenters. The van der Waals surface area contributed by atoms with Crippen LogP contribution in [0.15, 0.2) is 5.38 Å². The number of hydrogen-bond acceptors (Lipinski definition) is 4. The molecule has 1 aliphatic carbocycles. The smallest absolute Gasteiger partial charge is 0.248 e. The SMILES string of the molecule is FC1(F)CCC(c2csc(CN3CCOCC3)n2)CC1. The second-order valence-electron chi connectivity index (χ2n) is 5.68. The minimum absolute atomic E-state index is 0.00793. The van der Waals surface area contributed by atoms with E-state index in [0.717, 1.165) is 43.5 Å². The number of nitrogens with zero attached hydrogens (tertiary/aromatic N) is 2. The first-order valence-corrected chi connectivity index (χ1v) is 8.13. The predicted molar refractivity (Wildman–Crippen MR) is 74.4 cm³/mol. The van der Waals surface area contributed by atoms with Gasteiger partial charge in [-0.2, -0.15) is 0 Å². The molecule has 1 aromatic heterocycles. The first-order valence-electron chi connectivity index (χ1n) is 7.25. The van der Waals surface area contributed by atoms with Crippen molar-refractivity contribution < 1.29 is 13.5 Å². The lowest BCUT2D eigenvalue weighted by Crippen LogP contribution is -2.35. The molecule has 112 valence electrons. The van der Waals surface area contributed by atoms with Crippen molar-refractivity contribution in [3.05, 3.63) is 16.1 Å². The number of halogens is 2. The minimum atomic E-state index is -2.46. The quantitative estimate of drug-likeness (QED) is 0.857. The van der Waals surface area contributed by atoms with Gasteiger partial charge >= 0.3 is 0 Å². The first kappa shape index (κ1) is 14.4. The molecular weight excluding hydrogens is 282 g/mol. The van der Waals surface area contributed by atoms with Crippen molar-refractivity contribution in [2.75, 3.05) is 26.3 Å². The maximum absolute atomic E-state index is 13.2. The Morgan fingerprint density at radius 2 is 2.00 bits per heavy atom. The third-order valence-corrected chi connectivity index (χ3v) is 5.02. The average Bonchev–Trinajstić information content (AvgIpc) is 2.88. The predicted octanol–water partition coefficient (Wildman–Crippen LogP) is 3.27. The van der Waals surface area contributed by atoms with Crippen LogP contribution in [0.4, 0.5) is 8.78 Å². The molecule has 2 aliphatic rings. The summed E-state index contributed by atoms with van der Waals surface area (Å²) < 4.78 is 31.7. The highest BCUT2D eigenvalue weighted by Gasteiger charge is 2.36. The van der Waals surface area contributed by atoms with Crippen molar-refractivity contribution in [1.29, 1.82) is 0 Å². The molecular formula is C14H20F2N2OS. The summed E-state index contributed by atoms with van der Waals surface area (Å²) >= 11 is 1.66. The topological polar surface area (TPSA) is 25.4 Å². The molecule has 6 heteroatoms. The first-order chi connectivity index (χ1) is 9.62. The van der Waals surface area contributed by atoms with Crippen molar-refractivity contribution in [2.24, 2.45) is 0 Å². The molecule has 3 nitrogen and oxygen atoms in total. The number of aromatic nitrogens is 1. The van der Waals surface area contributed by atoms with Gasteiger partial charge in [0.05, 0.1) is 25.5 Å². The Bertz CT molecular complexity index is 436. The average molecular weight is 302 g/mol. The molecule has 1 aromatic rings. The largest absolute Gasteiger partial charge is 0.379 e. The van der Waals surface area contributed by atoms with Gasteiger partial charge in [0.2, 0.25) is 5.92 Å². The Hall–Kier alpha value is -0.590. The summed E-state index contributed by atoms with van der Waals surface area (Å²) in [5.74, 6) is -2.23. The third kappa shape index (κ3) is 3.54. The monoisotopic (exact) mass is 302 g/mol. The van der Waals surface area contributed by atoms with Gasteiger partial charge in [0.25, 0.3) is 0 Å². The molecule has 0 amide bonds. The van der Waals surface area contributed by atoms with E-state index in [1.54, 1.807) is 11.3 Å². The van der Waals surface area contributed by atoms with Crippen LogP contribution in [0.3, 0.4) is 0 Å². The highest BCUT2D eigenvalue weighted by atomic mass is 32.1. The second kappa shape index (κ2) is 6.03. The van der Waals surface area contributed by atoms with E-state index in [9.17, 15) is 8.78 Å². The van der Waals surface area contributed by atoms with Crippen LogP contribution in [0.1, 0.15) is 42.3 Å². The zero-order chi connectivity index (χ0) is 14.0. The van der Waals surface area contributed by atoms with Gasteiger partial charge in [-0.3, -0.25) is 4.90 Å². The van der Waals surface area contributed by atoms with Crippen molar-refractivity contribution in [2.45, 2.75) is 44.1 Å². The van der Waals surface area contributed by atoms with E-state index in [0.29, 0.717) is 12.8 Å². The van der Waals surface area contributed by atoms with E-state index in [2.05, 4.69) is 15.3 Å². The maximum Gasteiger partial charge on any atom is 0.248 e. The van der Waals surface area contributed by atoms with Gasteiger partial charge in [-0.1, -0.05) is 0 Å². The molecule has 1 saturated carbocycles. The number of thiazole rings is 1. The highest BCUT2D eigenvalue weighted by Crippen LogP contribution is 2.40. The standard InChI is InChI=1S/C14H20F2N2OS/c15-14(16)3-1-11(2-4-14)12-10-20-13(17-12)9-18-5-7-19-8-6-18/h10-11H,1-9H2. The number of ether oxygens (including phenoxy) is 1. The number of morpholine rings is 1. The van der Waals surface area contributed by atoms with Crippen LogP contribution >= 0.6 is 11.3 Å². The fourth-order valence-corrected chi connectivity index (χ4v) is 3.79. The van der Waals surface area contributed by atoms with E-state index in [4.69, 9.17) is 4.74 Å². The normalized spacial score (nSPS) is 24.9. The van der Waals surface area contributed by atoms with Gasteiger partial charge in [0.15, 0.2) is 0 Å². The molecule has 20 heavy (non-hydrogen) atoms. The van der Waals surface area contributed by atoms with Crippen LogP contribution in [0.5, 0.6) is 0 Å². The zero-order valence-corrected chi connectivity index (χ0v) is 12.3. The second-order valence-corrected chi connectivity index (χ2v) is 6.63. The van der Waals surface area contributed by atoms with Crippen LogP contribution in [-0.4, -0.2) is 42.1 Å². The van der Waals surface area contributed by atoms with Gasteiger partial charge in [0.1, 0.15) is 5.01 Å². The van der Waals surface area contributed by atoms with E-state index in [1.807, 2.05) is 0 Å². The molecule has 0 N–H and O–H groups in total. The van der Waals surface area contributed by atoms with Gasteiger partial charge in [-0.05, 0) is 12.8 Å². The third-order valence-electron chi connectivity index (χ3n) is 4.17. The lowest BCUT2D eigenvalue weighted by atomic mass is 9.85. The fraction of sp³-hybridized carbons (Fsp3) is 0.786. The van der Waals surface area contributed by atoms with Crippen molar-refractivity contribution in [3.63, 3.8) is 0 Å². The van der Waals surface area contributed by atoms with Crippen molar-refractivity contribution >= 4 is 11.3 Å². The Morgan fingerprint density at radius 1 is 1.30 bits per heavy atom. The summed E-state index contributed by atoms with van der Waals surface area (Å²) in [6.45, 7) is 4.33. The highest BCUT2D eigenvalue weighted by molar-refractivity contribution is 7.09. The molecule has 0 unspecified atom stereocenters. The molecule has 0 bridgehead atoms. The minimum Gasteiger partial charge on any atom is -0.379 e. The van der Waals surface area contributed by atoms with Gasteiger partial charge in [-0.25, -0.2) is 13.8 Å². The summed E-state index contributed by atoms with van der Waals surface area (Å²) in [5, 5.41) is 3.16. The number of alkyl halides is 2. The zero-order valence-electron chi connectivity index (χ0n) is 11.5. The van der Waals surface area contributed by atoms with E-state index in [-0.39, 0.29) is 18.8 Å². The molecule has 0 spiro atoms. The Balaban J connectivity index is 1.56. The molecule has 2 heterocycles. The van der Waals surface area contributed by atoms with Crippen LogP contribution in [0.25, 0.3) is 0 Å². The van der Waals surface area contributed by atoms with Crippen LogP contribution in [0.2, 0.25) is 0 Å². The Labute approximate surface area is 121 Å².